The second-order valence-corrected chi connectivity index (χ2v) is 4.38. The molecule has 0 fully saturated rings. The molecule has 0 aliphatic heterocycles. The zero-order valence-corrected chi connectivity index (χ0v) is 11.1. The molecular weight excluding hydrogens is 228 g/mol. The number of nitrogens with two attached hydrogens (primary N) is 1. The van der Waals surface area contributed by atoms with Gasteiger partial charge in [0.2, 0.25) is 5.91 Å². The number of rotatable bonds is 8. The first-order valence-corrected chi connectivity index (χ1v) is 6.28. The van der Waals surface area contributed by atoms with Gasteiger partial charge in [0.05, 0.1) is 6.61 Å². The Balaban J connectivity index is 2.48. The Bertz CT molecular complexity index is 357. The first kappa shape index (κ1) is 14.7. The third-order valence-electron chi connectivity index (χ3n) is 2.84. The highest BCUT2D eigenvalue weighted by Gasteiger charge is 2.06. The van der Waals surface area contributed by atoms with Crippen molar-refractivity contribution in [2.45, 2.75) is 32.4 Å². The highest BCUT2D eigenvalue weighted by molar-refractivity contribution is 5.92. The van der Waals surface area contributed by atoms with Gasteiger partial charge in [-0.05, 0) is 24.1 Å². The molecule has 0 aliphatic carbocycles. The Hall–Kier alpha value is -1.39. The van der Waals surface area contributed by atoms with Crippen LogP contribution in [0.2, 0.25) is 0 Å². The number of methoxy groups -OCH3 is 1. The van der Waals surface area contributed by atoms with Gasteiger partial charge in [-0.25, -0.2) is 0 Å². The number of carbonyl (C=O) groups excluding carboxylic acids is 1. The molecule has 0 saturated carbocycles. The molecule has 1 atom stereocenters. The third-order valence-corrected chi connectivity index (χ3v) is 2.84. The summed E-state index contributed by atoms with van der Waals surface area (Å²) in [7, 11) is 1.71. The van der Waals surface area contributed by atoms with Gasteiger partial charge in [-0.3, -0.25) is 4.79 Å². The maximum atomic E-state index is 10.9. The first-order chi connectivity index (χ1) is 8.67. The van der Waals surface area contributed by atoms with Crippen LogP contribution in [0.4, 0.5) is 0 Å². The van der Waals surface area contributed by atoms with Crippen molar-refractivity contribution in [2.75, 3.05) is 13.7 Å². The normalized spacial score (nSPS) is 12.3. The van der Waals surface area contributed by atoms with Crippen molar-refractivity contribution in [2.24, 2.45) is 5.73 Å². The van der Waals surface area contributed by atoms with Crippen LogP contribution in [0.5, 0.6) is 0 Å². The van der Waals surface area contributed by atoms with Gasteiger partial charge in [-0.15, -0.1) is 0 Å². The van der Waals surface area contributed by atoms with Crippen LogP contribution in [0.1, 0.15) is 35.7 Å². The molecule has 0 aromatic heterocycles. The molecule has 0 radical (unpaired) electrons. The summed E-state index contributed by atoms with van der Waals surface area (Å²) in [5, 5.41) is 3.45. The summed E-state index contributed by atoms with van der Waals surface area (Å²) in [4.78, 5) is 10.9. The minimum atomic E-state index is -0.391. The molecule has 4 nitrogen and oxygen atoms in total. The number of nitrogens with one attached hydrogen (secondary N) is 1. The maximum absolute atomic E-state index is 10.9. The second kappa shape index (κ2) is 7.84. The molecule has 0 spiro atoms. The number of amides is 1. The minimum absolute atomic E-state index is 0.371. The van der Waals surface area contributed by atoms with Crippen LogP contribution < -0.4 is 11.1 Å². The Morgan fingerprint density at radius 2 is 2.06 bits per heavy atom. The summed E-state index contributed by atoms with van der Waals surface area (Å²) in [6, 6.07) is 7.72. The average Bonchev–Trinajstić information content (AvgIpc) is 2.37. The van der Waals surface area contributed by atoms with Crippen LogP contribution in [0.25, 0.3) is 0 Å². The summed E-state index contributed by atoms with van der Waals surface area (Å²) >= 11 is 0. The lowest BCUT2D eigenvalue weighted by Crippen LogP contribution is -2.32. The Kier molecular flexibility index (Phi) is 6.39. The lowest BCUT2D eigenvalue weighted by atomic mass is 10.1. The summed E-state index contributed by atoms with van der Waals surface area (Å²) in [6.07, 6.45) is 2.22. The molecule has 0 heterocycles. The lowest BCUT2D eigenvalue weighted by Gasteiger charge is -2.17. The van der Waals surface area contributed by atoms with Gasteiger partial charge in [0.1, 0.15) is 0 Å². The van der Waals surface area contributed by atoms with Gasteiger partial charge >= 0.3 is 0 Å². The summed E-state index contributed by atoms with van der Waals surface area (Å²) < 4.78 is 5.17. The van der Waals surface area contributed by atoms with Crippen LogP contribution >= 0.6 is 0 Å². The van der Waals surface area contributed by atoms with E-state index in [0.29, 0.717) is 18.2 Å². The molecule has 0 bridgehead atoms. The lowest BCUT2D eigenvalue weighted by molar-refractivity contribution is 0.100. The fourth-order valence-corrected chi connectivity index (χ4v) is 1.84. The molecule has 1 aromatic carbocycles. The van der Waals surface area contributed by atoms with Crippen molar-refractivity contribution in [3.05, 3.63) is 35.4 Å². The number of benzene rings is 1. The van der Waals surface area contributed by atoms with Gasteiger partial charge in [0.25, 0.3) is 0 Å². The molecular formula is C14H22N2O2. The molecule has 1 aromatic rings. The molecule has 0 aliphatic rings. The van der Waals surface area contributed by atoms with E-state index in [1.807, 2.05) is 12.1 Å². The number of hydrogen-bond acceptors (Lipinski definition) is 3. The van der Waals surface area contributed by atoms with E-state index < -0.39 is 5.91 Å². The van der Waals surface area contributed by atoms with E-state index in [9.17, 15) is 4.79 Å². The second-order valence-electron chi connectivity index (χ2n) is 4.38. The van der Waals surface area contributed by atoms with Crippen molar-refractivity contribution in [3.63, 3.8) is 0 Å². The van der Waals surface area contributed by atoms with E-state index in [4.69, 9.17) is 10.5 Å². The van der Waals surface area contributed by atoms with E-state index in [1.165, 1.54) is 0 Å². The fourth-order valence-electron chi connectivity index (χ4n) is 1.84. The Morgan fingerprint density at radius 3 is 2.56 bits per heavy atom. The van der Waals surface area contributed by atoms with Crippen molar-refractivity contribution < 1.29 is 9.53 Å². The zero-order valence-electron chi connectivity index (χ0n) is 11.1. The van der Waals surface area contributed by atoms with E-state index in [0.717, 1.165) is 24.9 Å². The first-order valence-electron chi connectivity index (χ1n) is 6.28. The number of primary amides is 1. The van der Waals surface area contributed by atoms with Crippen molar-refractivity contribution in [3.8, 4) is 0 Å². The van der Waals surface area contributed by atoms with Crippen LogP contribution in [0.15, 0.2) is 24.3 Å². The van der Waals surface area contributed by atoms with Gasteiger partial charge in [-0.1, -0.05) is 25.5 Å². The number of ether oxygens (including phenoxy) is 1. The van der Waals surface area contributed by atoms with Gasteiger partial charge in [0.15, 0.2) is 0 Å². The SMILES string of the molecule is CCCC(COC)NCc1ccc(C(N)=O)cc1. The van der Waals surface area contributed by atoms with Crippen LogP contribution in [0, 0.1) is 0 Å². The minimum Gasteiger partial charge on any atom is -0.383 e. The monoisotopic (exact) mass is 250 g/mol. The average molecular weight is 250 g/mol. The van der Waals surface area contributed by atoms with Gasteiger partial charge < -0.3 is 15.8 Å². The largest absolute Gasteiger partial charge is 0.383 e. The van der Waals surface area contributed by atoms with E-state index in [2.05, 4.69) is 12.2 Å². The summed E-state index contributed by atoms with van der Waals surface area (Å²) in [5.74, 6) is -0.391. The third kappa shape index (κ3) is 4.85. The predicted molar refractivity (Wildman–Crippen MR) is 72.4 cm³/mol. The highest BCUT2D eigenvalue weighted by Crippen LogP contribution is 2.05. The zero-order chi connectivity index (χ0) is 13.4. The summed E-state index contributed by atoms with van der Waals surface area (Å²) in [5.41, 5.74) is 6.87. The smallest absolute Gasteiger partial charge is 0.248 e. The van der Waals surface area contributed by atoms with Gasteiger partial charge in [0, 0.05) is 25.3 Å². The Labute approximate surface area is 109 Å². The molecule has 1 unspecified atom stereocenters. The van der Waals surface area contributed by atoms with Gasteiger partial charge in [-0.2, -0.15) is 0 Å². The van der Waals surface area contributed by atoms with Crippen molar-refractivity contribution in [1.29, 1.82) is 0 Å². The number of carbonyl (C=O) groups is 1. The van der Waals surface area contributed by atoms with Crippen LogP contribution in [0.3, 0.4) is 0 Å². The van der Waals surface area contributed by atoms with E-state index in [1.54, 1.807) is 19.2 Å². The van der Waals surface area contributed by atoms with Crippen molar-refractivity contribution >= 4 is 5.91 Å². The maximum Gasteiger partial charge on any atom is 0.248 e. The Morgan fingerprint density at radius 1 is 1.39 bits per heavy atom. The fraction of sp³-hybridized carbons (Fsp3) is 0.500. The predicted octanol–water partition coefficient (Wildman–Crippen LogP) is 1.69. The van der Waals surface area contributed by atoms with E-state index in [-0.39, 0.29) is 0 Å². The molecule has 0 saturated heterocycles. The van der Waals surface area contributed by atoms with E-state index >= 15 is 0 Å². The quantitative estimate of drug-likeness (QED) is 0.738. The van der Waals surface area contributed by atoms with Crippen molar-refractivity contribution in [1.82, 2.24) is 5.32 Å². The van der Waals surface area contributed by atoms with Crippen LogP contribution in [-0.4, -0.2) is 25.7 Å². The summed E-state index contributed by atoms with van der Waals surface area (Å²) in [6.45, 7) is 3.65. The van der Waals surface area contributed by atoms with Crippen LogP contribution in [-0.2, 0) is 11.3 Å². The molecule has 100 valence electrons. The molecule has 3 N–H and O–H groups in total. The molecule has 1 rings (SSSR count). The molecule has 4 heteroatoms. The standard InChI is InChI=1S/C14H22N2O2/c1-3-4-13(10-18-2)16-9-11-5-7-12(8-6-11)14(15)17/h5-8,13,16H,3-4,9-10H2,1-2H3,(H2,15,17). The molecule has 18 heavy (non-hydrogen) atoms. The highest BCUT2D eigenvalue weighted by atomic mass is 16.5. The topological polar surface area (TPSA) is 64.3 Å². The number of hydrogen-bond donors (Lipinski definition) is 2. The molecule has 1 amide bonds.